The van der Waals surface area contributed by atoms with Gasteiger partial charge in [-0.15, -0.1) is 0 Å². The molecule has 1 saturated carbocycles. The Morgan fingerprint density at radius 1 is 1.31 bits per heavy atom. The van der Waals surface area contributed by atoms with Crippen LogP contribution in [0.3, 0.4) is 0 Å². The van der Waals surface area contributed by atoms with Gasteiger partial charge < -0.3 is 16.0 Å². The molecule has 0 aromatic carbocycles. The molecular formula is C13H27N3. The van der Waals surface area contributed by atoms with Crippen LogP contribution in [-0.4, -0.2) is 42.7 Å². The zero-order valence-electron chi connectivity index (χ0n) is 10.8. The Morgan fingerprint density at radius 3 is 2.38 bits per heavy atom. The van der Waals surface area contributed by atoms with E-state index in [1.807, 2.05) is 0 Å². The zero-order valence-corrected chi connectivity index (χ0v) is 10.8. The molecule has 0 aromatic heterocycles. The van der Waals surface area contributed by atoms with Crippen molar-refractivity contribution in [1.82, 2.24) is 10.2 Å². The van der Waals surface area contributed by atoms with Crippen molar-refractivity contribution in [2.45, 2.75) is 51.1 Å². The highest BCUT2D eigenvalue weighted by Crippen LogP contribution is 2.30. The van der Waals surface area contributed by atoms with Gasteiger partial charge in [0.15, 0.2) is 0 Å². The van der Waals surface area contributed by atoms with E-state index in [1.165, 1.54) is 45.3 Å². The third-order valence-corrected chi connectivity index (χ3v) is 4.34. The van der Waals surface area contributed by atoms with Gasteiger partial charge in [-0.1, -0.05) is 0 Å². The van der Waals surface area contributed by atoms with Crippen molar-refractivity contribution in [3.05, 3.63) is 0 Å². The van der Waals surface area contributed by atoms with Gasteiger partial charge in [0.05, 0.1) is 0 Å². The molecule has 0 bridgehead atoms. The Kier molecular flexibility index (Phi) is 3.88. The monoisotopic (exact) mass is 225 g/mol. The number of piperidine rings is 1. The van der Waals surface area contributed by atoms with Crippen LogP contribution in [0, 0.1) is 5.92 Å². The van der Waals surface area contributed by atoms with Crippen LogP contribution in [0.5, 0.6) is 0 Å². The highest BCUT2D eigenvalue weighted by atomic mass is 15.2. The molecule has 0 aromatic rings. The second kappa shape index (κ2) is 5.03. The van der Waals surface area contributed by atoms with Crippen molar-refractivity contribution in [3.63, 3.8) is 0 Å². The Morgan fingerprint density at radius 2 is 1.94 bits per heavy atom. The van der Waals surface area contributed by atoms with E-state index in [1.54, 1.807) is 0 Å². The number of nitrogens with zero attached hydrogens (tertiary/aromatic N) is 1. The quantitative estimate of drug-likeness (QED) is 0.738. The van der Waals surface area contributed by atoms with E-state index >= 15 is 0 Å². The second-order valence-corrected chi connectivity index (χ2v) is 5.94. The SMILES string of the molecule is CC(C)N1CCC(CN)(NCC2CC2)CC1. The molecule has 2 aliphatic rings. The van der Waals surface area contributed by atoms with Crippen LogP contribution in [-0.2, 0) is 0 Å². The fraction of sp³-hybridized carbons (Fsp3) is 1.00. The summed E-state index contributed by atoms with van der Waals surface area (Å²) in [6.45, 7) is 8.96. The van der Waals surface area contributed by atoms with Crippen molar-refractivity contribution in [3.8, 4) is 0 Å². The average molecular weight is 225 g/mol. The van der Waals surface area contributed by atoms with E-state index in [-0.39, 0.29) is 5.54 Å². The smallest absolute Gasteiger partial charge is 0.0328 e. The standard InChI is InChI=1S/C13H27N3/c1-11(2)16-7-5-13(10-14,6-8-16)15-9-12-3-4-12/h11-12,15H,3-10,14H2,1-2H3. The first-order chi connectivity index (χ1) is 7.65. The molecule has 1 saturated heterocycles. The van der Waals surface area contributed by atoms with Gasteiger partial charge in [0.2, 0.25) is 0 Å². The van der Waals surface area contributed by atoms with Gasteiger partial charge in [0, 0.05) is 31.2 Å². The van der Waals surface area contributed by atoms with E-state index in [2.05, 4.69) is 24.1 Å². The van der Waals surface area contributed by atoms with Crippen molar-refractivity contribution in [2.24, 2.45) is 11.7 Å². The van der Waals surface area contributed by atoms with Crippen molar-refractivity contribution >= 4 is 0 Å². The molecule has 0 spiro atoms. The van der Waals surface area contributed by atoms with Gasteiger partial charge in [0.1, 0.15) is 0 Å². The first-order valence-electron chi connectivity index (χ1n) is 6.84. The highest BCUT2D eigenvalue weighted by Gasteiger charge is 2.35. The summed E-state index contributed by atoms with van der Waals surface area (Å²) in [4.78, 5) is 2.56. The van der Waals surface area contributed by atoms with Crippen molar-refractivity contribution in [1.29, 1.82) is 0 Å². The molecule has 0 atom stereocenters. The average Bonchev–Trinajstić information content (AvgIpc) is 3.11. The molecule has 16 heavy (non-hydrogen) atoms. The lowest BCUT2D eigenvalue weighted by Gasteiger charge is -2.43. The first-order valence-corrected chi connectivity index (χ1v) is 6.84. The van der Waals surface area contributed by atoms with Crippen LogP contribution < -0.4 is 11.1 Å². The largest absolute Gasteiger partial charge is 0.329 e. The summed E-state index contributed by atoms with van der Waals surface area (Å²) < 4.78 is 0. The van der Waals surface area contributed by atoms with Gasteiger partial charge in [-0.05, 0) is 52.0 Å². The van der Waals surface area contributed by atoms with Crippen LogP contribution >= 0.6 is 0 Å². The molecular weight excluding hydrogens is 198 g/mol. The van der Waals surface area contributed by atoms with Crippen LogP contribution in [0.1, 0.15) is 39.5 Å². The Labute approximate surface area is 99.8 Å². The maximum absolute atomic E-state index is 5.99. The third kappa shape index (κ3) is 2.96. The topological polar surface area (TPSA) is 41.3 Å². The lowest BCUT2D eigenvalue weighted by atomic mass is 9.87. The summed E-state index contributed by atoms with van der Waals surface area (Å²) in [6, 6.07) is 0.680. The van der Waals surface area contributed by atoms with Crippen LogP contribution in [0.2, 0.25) is 0 Å². The lowest BCUT2D eigenvalue weighted by Crippen LogP contribution is -2.58. The maximum atomic E-state index is 5.99. The number of nitrogens with one attached hydrogen (secondary N) is 1. The van der Waals surface area contributed by atoms with Crippen LogP contribution in [0.25, 0.3) is 0 Å². The van der Waals surface area contributed by atoms with E-state index < -0.39 is 0 Å². The molecule has 1 aliphatic heterocycles. The molecule has 94 valence electrons. The highest BCUT2D eigenvalue weighted by molar-refractivity contribution is 4.96. The van der Waals surface area contributed by atoms with E-state index in [0.29, 0.717) is 6.04 Å². The third-order valence-electron chi connectivity index (χ3n) is 4.34. The lowest BCUT2D eigenvalue weighted by molar-refractivity contribution is 0.113. The Balaban J connectivity index is 1.81. The van der Waals surface area contributed by atoms with Crippen LogP contribution in [0.15, 0.2) is 0 Å². The minimum absolute atomic E-state index is 0.244. The van der Waals surface area contributed by atoms with E-state index in [9.17, 15) is 0 Å². The molecule has 3 nitrogen and oxygen atoms in total. The fourth-order valence-corrected chi connectivity index (χ4v) is 2.60. The molecule has 3 N–H and O–H groups in total. The molecule has 3 heteroatoms. The minimum Gasteiger partial charge on any atom is -0.329 e. The maximum Gasteiger partial charge on any atom is 0.0328 e. The molecule has 1 heterocycles. The zero-order chi connectivity index (χ0) is 11.6. The number of nitrogens with two attached hydrogens (primary N) is 1. The minimum atomic E-state index is 0.244. The fourth-order valence-electron chi connectivity index (χ4n) is 2.60. The summed E-state index contributed by atoms with van der Waals surface area (Å²) in [5.41, 5.74) is 6.23. The summed E-state index contributed by atoms with van der Waals surface area (Å²) >= 11 is 0. The number of rotatable bonds is 5. The molecule has 2 fully saturated rings. The normalized spacial score (nSPS) is 26.2. The Hall–Kier alpha value is -0.120. The van der Waals surface area contributed by atoms with E-state index in [4.69, 9.17) is 5.73 Å². The van der Waals surface area contributed by atoms with Crippen molar-refractivity contribution < 1.29 is 0 Å². The summed E-state index contributed by atoms with van der Waals surface area (Å²) in [5.74, 6) is 0.951. The molecule has 0 unspecified atom stereocenters. The summed E-state index contributed by atoms with van der Waals surface area (Å²) in [5, 5.41) is 3.75. The number of hydrogen-bond acceptors (Lipinski definition) is 3. The predicted octanol–water partition coefficient (Wildman–Crippen LogP) is 1.19. The van der Waals surface area contributed by atoms with Gasteiger partial charge >= 0.3 is 0 Å². The van der Waals surface area contributed by atoms with E-state index in [0.717, 1.165) is 12.5 Å². The predicted molar refractivity (Wildman–Crippen MR) is 68.5 cm³/mol. The summed E-state index contributed by atoms with van der Waals surface area (Å²) in [6.07, 6.45) is 5.28. The molecule has 2 rings (SSSR count). The molecule has 0 amide bonds. The molecule has 1 aliphatic carbocycles. The van der Waals surface area contributed by atoms with Gasteiger partial charge in [-0.25, -0.2) is 0 Å². The van der Waals surface area contributed by atoms with Crippen LogP contribution in [0.4, 0.5) is 0 Å². The second-order valence-electron chi connectivity index (χ2n) is 5.94. The number of likely N-dealkylation sites (tertiary alicyclic amines) is 1. The van der Waals surface area contributed by atoms with Gasteiger partial charge in [0.25, 0.3) is 0 Å². The van der Waals surface area contributed by atoms with Gasteiger partial charge in [-0.3, -0.25) is 0 Å². The number of hydrogen-bond donors (Lipinski definition) is 2. The first kappa shape index (κ1) is 12.3. The summed E-state index contributed by atoms with van der Waals surface area (Å²) in [7, 11) is 0. The molecule has 0 radical (unpaired) electrons. The van der Waals surface area contributed by atoms with Gasteiger partial charge in [-0.2, -0.15) is 0 Å². The van der Waals surface area contributed by atoms with Crippen molar-refractivity contribution in [2.75, 3.05) is 26.2 Å². The Bertz CT molecular complexity index is 215.